The average molecular weight is 669 g/mol. The molecule has 10 rings (SSSR count). The van der Waals surface area contributed by atoms with Crippen molar-refractivity contribution in [3.8, 4) is 44.5 Å². The molecule has 8 bridgehead atoms. The normalized spacial score (nSPS) is 13.1. The molecule has 3 aliphatic rings. The number of nitrogens with one attached hydrogen (secondary N) is 2. The lowest BCUT2D eigenvalue weighted by Crippen LogP contribution is -2.11. The van der Waals surface area contributed by atoms with Crippen molar-refractivity contribution in [2.45, 2.75) is 13.3 Å². The average Bonchev–Trinajstić information content (AvgIpc) is 4.02. The van der Waals surface area contributed by atoms with E-state index < -0.39 is 0 Å². The summed E-state index contributed by atoms with van der Waals surface area (Å²) in [7, 11) is 0. The number of carbonyl (C=O) groups is 1. The Balaban J connectivity index is 1.45. The van der Waals surface area contributed by atoms with Crippen LogP contribution in [0.4, 0.5) is 0 Å². The number of allylic oxidation sites excluding steroid dienone is 2. The minimum atomic E-state index is 0.0127. The molecule has 2 aliphatic heterocycles. The predicted octanol–water partition coefficient (Wildman–Crippen LogP) is 11.7. The number of hydrogen-bond donors (Lipinski definition) is 2. The number of aromatic amines is 2. The second-order valence-corrected chi connectivity index (χ2v) is 13.3. The minimum Gasteiger partial charge on any atom is -0.354 e. The molecule has 0 fully saturated rings. The number of Topliss-reactive ketones (excluding diaryl/α,β-unsaturated/α-hetero) is 1. The highest BCUT2D eigenvalue weighted by atomic mass is 16.1. The Bertz CT molecular complexity index is 2820. The zero-order valence-corrected chi connectivity index (χ0v) is 28.4. The van der Waals surface area contributed by atoms with Gasteiger partial charge in [0.25, 0.3) is 0 Å². The number of carbonyl (C=O) groups excluding carboxylic acids is 1. The Morgan fingerprint density at radius 1 is 0.462 bits per heavy atom. The number of nitrogens with zero attached hydrogens (tertiary/aromatic N) is 2. The third kappa shape index (κ3) is 4.60. The zero-order valence-electron chi connectivity index (χ0n) is 28.4. The van der Waals surface area contributed by atoms with Crippen molar-refractivity contribution in [3.05, 3.63) is 168 Å². The van der Waals surface area contributed by atoms with Gasteiger partial charge in [-0.1, -0.05) is 122 Å². The number of H-pyrrole nitrogens is 2. The molecule has 5 nitrogen and oxygen atoms in total. The quantitative estimate of drug-likeness (QED) is 0.196. The first-order valence-corrected chi connectivity index (χ1v) is 17.7. The fourth-order valence-corrected chi connectivity index (χ4v) is 8.04. The van der Waals surface area contributed by atoms with Gasteiger partial charge in [-0.2, -0.15) is 0 Å². The number of rotatable bonds is 4. The van der Waals surface area contributed by atoms with Gasteiger partial charge in [-0.25, -0.2) is 9.97 Å². The summed E-state index contributed by atoms with van der Waals surface area (Å²) in [6.45, 7) is 2.12. The van der Waals surface area contributed by atoms with Gasteiger partial charge in [0.2, 0.25) is 0 Å². The third-order valence-corrected chi connectivity index (χ3v) is 10.3. The van der Waals surface area contributed by atoms with Crippen LogP contribution in [0, 0.1) is 0 Å². The van der Waals surface area contributed by atoms with E-state index in [1.165, 1.54) is 0 Å². The van der Waals surface area contributed by atoms with Crippen molar-refractivity contribution < 1.29 is 4.79 Å². The van der Waals surface area contributed by atoms with Crippen molar-refractivity contribution in [2.24, 2.45) is 0 Å². The number of ketones is 1. The molecular formula is C47H32N4O. The summed E-state index contributed by atoms with van der Waals surface area (Å²) >= 11 is 0. The van der Waals surface area contributed by atoms with Crippen molar-refractivity contribution in [1.29, 1.82) is 0 Å². The zero-order chi connectivity index (χ0) is 34.8. The fourth-order valence-electron chi connectivity index (χ4n) is 8.04. The maximum atomic E-state index is 14.5. The highest BCUT2D eigenvalue weighted by molar-refractivity contribution is 6.40. The Hall–Kier alpha value is -6.85. The molecular weight excluding hydrogens is 637 g/mol. The van der Waals surface area contributed by atoms with Crippen LogP contribution >= 0.6 is 0 Å². The van der Waals surface area contributed by atoms with Gasteiger partial charge in [-0.05, 0) is 70.7 Å². The summed E-state index contributed by atoms with van der Waals surface area (Å²) in [4.78, 5) is 33.0. The molecule has 0 amide bonds. The molecule has 5 heterocycles. The summed E-state index contributed by atoms with van der Waals surface area (Å²) in [5, 5.41) is 0. The van der Waals surface area contributed by atoms with Crippen LogP contribution in [0.15, 0.2) is 140 Å². The summed E-state index contributed by atoms with van der Waals surface area (Å²) in [6, 6.07) is 47.6. The number of benzene rings is 4. The fraction of sp³-hybridized carbons (Fsp3) is 0.0426. The molecule has 0 atom stereocenters. The Kier molecular flexibility index (Phi) is 6.86. The molecule has 7 aromatic rings. The SMILES string of the molecule is CCC1=C2C(=O)c3ccccc3-c3c2nc1c(-c1ccccc1)c1ccc([nH]1)c(-c1ccccc1)c1nc(c(-c2ccccc2)c2ccc3[nH]2)C=C1. The van der Waals surface area contributed by atoms with Crippen LogP contribution in [0.5, 0.6) is 0 Å². The maximum Gasteiger partial charge on any atom is 0.196 e. The second-order valence-electron chi connectivity index (χ2n) is 13.3. The summed E-state index contributed by atoms with van der Waals surface area (Å²) in [5.41, 5.74) is 17.2. The molecule has 2 N–H and O–H groups in total. The highest BCUT2D eigenvalue weighted by Crippen LogP contribution is 2.48. The molecule has 5 heteroatoms. The highest BCUT2D eigenvalue weighted by Gasteiger charge is 2.36. The Morgan fingerprint density at radius 3 is 1.42 bits per heavy atom. The van der Waals surface area contributed by atoms with E-state index in [1.807, 2.05) is 42.5 Å². The van der Waals surface area contributed by atoms with E-state index >= 15 is 0 Å². The first kappa shape index (κ1) is 30.0. The molecule has 4 aromatic carbocycles. The van der Waals surface area contributed by atoms with Gasteiger partial charge in [0, 0.05) is 49.9 Å². The second kappa shape index (κ2) is 11.9. The van der Waals surface area contributed by atoms with Gasteiger partial charge in [0.05, 0.1) is 28.3 Å². The van der Waals surface area contributed by atoms with Crippen molar-refractivity contribution in [1.82, 2.24) is 19.9 Å². The molecule has 0 saturated heterocycles. The first-order valence-electron chi connectivity index (χ1n) is 17.7. The predicted molar refractivity (Wildman–Crippen MR) is 213 cm³/mol. The molecule has 0 spiro atoms. The molecule has 0 saturated carbocycles. The monoisotopic (exact) mass is 668 g/mol. The van der Waals surface area contributed by atoms with Gasteiger partial charge < -0.3 is 9.97 Å². The van der Waals surface area contributed by atoms with Crippen molar-refractivity contribution in [3.63, 3.8) is 0 Å². The molecule has 0 unspecified atom stereocenters. The van der Waals surface area contributed by atoms with E-state index in [-0.39, 0.29) is 5.78 Å². The van der Waals surface area contributed by atoms with Crippen LogP contribution < -0.4 is 0 Å². The summed E-state index contributed by atoms with van der Waals surface area (Å²) < 4.78 is 0. The van der Waals surface area contributed by atoms with Gasteiger partial charge in [-0.15, -0.1) is 0 Å². The van der Waals surface area contributed by atoms with E-state index in [0.29, 0.717) is 23.3 Å². The van der Waals surface area contributed by atoms with Crippen LogP contribution in [0.2, 0.25) is 0 Å². The van der Waals surface area contributed by atoms with Crippen LogP contribution in [-0.2, 0) is 0 Å². The number of fused-ring (bicyclic) bond motifs is 10. The smallest absolute Gasteiger partial charge is 0.196 e. The van der Waals surface area contributed by atoms with E-state index in [1.54, 1.807) is 0 Å². The molecule has 52 heavy (non-hydrogen) atoms. The Morgan fingerprint density at radius 2 is 0.904 bits per heavy atom. The van der Waals surface area contributed by atoms with Crippen LogP contribution in [0.3, 0.4) is 0 Å². The lowest BCUT2D eigenvalue weighted by molar-refractivity contribution is 0.105. The van der Waals surface area contributed by atoms with Crippen LogP contribution in [0.25, 0.3) is 89.9 Å². The summed E-state index contributed by atoms with van der Waals surface area (Å²) in [5.74, 6) is 0.0127. The van der Waals surface area contributed by atoms with Gasteiger partial charge in [-0.3, -0.25) is 4.79 Å². The topological polar surface area (TPSA) is 74.4 Å². The van der Waals surface area contributed by atoms with Gasteiger partial charge >= 0.3 is 0 Å². The Labute approximate surface area is 300 Å². The largest absolute Gasteiger partial charge is 0.354 e. The number of aromatic nitrogens is 4. The first-order chi connectivity index (χ1) is 25.7. The lowest BCUT2D eigenvalue weighted by atomic mass is 9.82. The van der Waals surface area contributed by atoms with Gasteiger partial charge in [0.1, 0.15) is 0 Å². The van der Waals surface area contributed by atoms with E-state index in [9.17, 15) is 4.79 Å². The molecule has 246 valence electrons. The van der Waals surface area contributed by atoms with Crippen LogP contribution in [-0.4, -0.2) is 25.7 Å². The third-order valence-electron chi connectivity index (χ3n) is 10.3. The number of hydrogen-bond acceptors (Lipinski definition) is 3. The van der Waals surface area contributed by atoms with E-state index in [0.717, 1.165) is 89.2 Å². The molecule has 0 radical (unpaired) electrons. The maximum absolute atomic E-state index is 14.5. The minimum absolute atomic E-state index is 0.0127. The lowest BCUT2D eigenvalue weighted by Gasteiger charge is -2.18. The van der Waals surface area contributed by atoms with Gasteiger partial charge in [0.15, 0.2) is 5.78 Å². The van der Waals surface area contributed by atoms with Crippen LogP contribution in [0.1, 0.15) is 46.5 Å². The van der Waals surface area contributed by atoms with Crippen molar-refractivity contribution >= 4 is 51.1 Å². The summed E-state index contributed by atoms with van der Waals surface area (Å²) in [6.07, 6.45) is 4.88. The standard InChI is InChI=1S/C47H32N4O/c1-2-31-44-46-43(32-20-12-13-21-33(32)47(44)52)39-27-25-37(50-39)41(29-16-8-4-9-17-29)35-23-22-34(48-35)40(28-14-6-3-7-15-28)36-24-26-38(49-36)42(45(31)51-46)30-18-10-5-11-19-30/h3-27,49-50H,2H2,1H3. The van der Waals surface area contributed by atoms with E-state index in [4.69, 9.17) is 9.97 Å². The molecule has 1 aliphatic carbocycles. The molecule has 3 aromatic heterocycles. The van der Waals surface area contributed by atoms with Crippen molar-refractivity contribution in [2.75, 3.05) is 0 Å². The van der Waals surface area contributed by atoms with E-state index in [2.05, 4.69) is 126 Å².